The first-order valence-corrected chi connectivity index (χ1v) is 9.17. The van der Waals surface area contributed by atoms with Crippen molar-refractivity contribution in [3.63, 3.8) is 0 Å². The van der Waals surface area contributed by atoms with Crippen LogP contribution in [0.2, 0.25) is 0 Å². The summed E-state index contributed by atoms with van der Waals surface area (Å²) in [5.74, 6) is 0.116. The van der Waals surface area contributed by atoms with Crippen molar-refractivity contribution in [3.05, 3.63) is 34.4 Å². The number of thioether (sulfide) groups is 1. The second kappa shape index (κ2) is 8.28. The van der Waals surface area contributed by atoms with Crippen molar-refractivity contribution in [3.8, 4) is 11.4 Å². The standard InChI is InChI=1S/C16H18N4O5S/c21-14(22)7-9-26-16-18-17-15(19(16)10-13-2-1-8-25-13)11-3-5-12(6-4-11)20(23)24/h3-6,13H,1-2,7-10H2,(H,21,22). The molecule has 9 nitrogen and oxygen atoms in total. The SMILES string of the molecule is O=C(O)CCSc1nnc(-c2ccc([N+](=O)[O-])cc2)n1CC1CCCO1. The Bertz CT molecular complexity index is 786. The van der Waals surface area contributed by atoms with Gasteiger partial charge >= 0.3 is 5.97 Å². The molecule has 1 saturated heterocycles. The fraction of sp³-hybridized carbons (Fsp3) is 0.438. The van der Waals surface area contributed by atoms with Gasteiger partial charge < -0.3 is 9.84 Å². The van der Waals surface area contributed by atoms with E-state index in [1.807, 2.05) is 4.57 Å². The number of carboxylic acid groups (broad SMARTS) is 1. The van der Waals surface area contributed by atoms with Crippen LogP contribution in [-0.2, 0) is 16.1 Å². The quantitative estimate of drug-likeness (QED) is 0.423. The maximum Gasteiger partial charge on any atom is 0.304 e. The van der Waals surface area contributed by atoms with Gasteiger partial charge in [0.15, 0.2) is 11.0 Å². The van der Waals surface area contributed by atoms with Crippen molar-refractivity contribution >= 4 is 23.4 Å². The highest BCUT2D eigenvalue weighted by Gasteiger charge is 2.22. The average Bonchev–Trinajstić information content (AvgIpc) is 3.26. The number of carboxylic acids is 1. The molecule has 2 aromatic rings. The van der Waals surface area contributed by atoms with Crippen LogP contribution in [-0.4, -0.2) is 49.2 Å². The van der Waals surface area contributed by atoms with Gasteiger partial charge in [-0.25, -0.2) is 0 Å². The Labute approximate surface area is 153 Å². The van der Waals surface area contributed by atoms with Gasteiger partial charge in [-0.3, -0.25) is 19.5 Å². The van der Waals surface area contributed by atoms with Crippen LogP contribution >= 0.6 is 11.8 Å². The average molecular weight is 378 g/mol. The maximum atomic E-state index is 10.8. The molecule has 1 atom stereocenters. The van der Waals surface area contributed by atoms with Crippen LogP contribution in [0.3, 0.4) is 0 Å². The molecule has 1 unspecified atom stereocenters. The second-order valence-corrected chi connectivity index (χ2v) is 6.91. The first-order valence-electron chi connectivity index (χ1n) is 8.19. The van der Waals surface area contributed by atoms with E-state index in [0.29, 0.717) is 28.8 Å². The first-order chi connectivity index (χ1) is 12.5. The molecular weight excluding hydrogens is 360 g/mol. The number of nitrogens with zero attached hydrogens (tertiary/aromatic N) is 4. The van der Waals surface area contributed by atoms with Gasteiger partial charge in [-0.2, -0.15) is 0 Å². The Hall–Kier alpha value is -2.46. The number of benzene rings is 1. The van der Waals surface area contributed by atoms with E-state index in [4.69, 9.17) is 9.84 Å². The molecule has 2 heterocycles. The van der Waals surface area contributed by atoms with E-state index in [-0.39, 0.29) is 18.2 Å². The zero-order valence-electron chi connectivity index (χ0n) is 13.9. The lowest BCUT2D eigenvalue weighted by Gasteiger charge is -2.14. The molecule has 1 aromatic carbocycles. The molecule has 10 heteroatoms. The van der Waals surface area contributed by atoms with E-state index in [9.17, 15) is 14.9 Å². The Morgan fingerprint density at radius 1 is 1.38 bits per heavy atom. The number of non-ortho nitro benzene ring substituents is 1. The van der Waals surface area contributed by atoms with Gasteiger partial charge in [0.05, 0.1) is 24.0 Å². The molecule has 0 amide bonds. The minimum absolute atomic E-state index is 0.00926. The van der Waals surface area contributed by atoms with Crippen LogP contribution in [0.5, 0.6) is 0 Å². The summed E-state index contributed by atoms with van der Waals surface area (Å²) >= 11 is 1.33. The van der Waals surface area contributed by atoms with Crippen molar-refractivity contribution in [1.82, 2.24) is 14.8 Å². The molecule has 1 aliphatic rings. The normalized spacial score (nSPS) is 16.7. The maximum absolute atomic E-state index is 10.8. The van der Waals surface area contributed by atoms with Crippen LogP contribution in [0.1, 0.15) is 19.3 Å². The van der Waals surface area contributed by atoms with Crippen molar-refractivity contribution in [2.75, 3.05) is 12.4 Å². The molecule has 1 aliphatic heterocycles. The summed E-state index contributed by atoms with van der Waals surface area (Å²) in [6.45, 7) is 1.29. The molecule has 138 valence electrons. The van der Waals surface area contributed by atoms with Gasteiger partial charge in [0.1, 0.15) is 0 Å². The predicted octanol–water partition coefficient (Wildman–Crippen LogP) is 2.60. The van der Waals surface area contributed by atoms with E-state index < -0.39 is 10.9 Å². The Morgan fingerprint density at radius 3 is 2.77 bits per heavy atom. The summed E-state index contributed by atoms with van der Waals surface area (Å²) in [6, 6.07) is 6.13. The number of hydrogen-bond acceptors (Lipinski definition) is 7. The van der Waals surface area contributed by atoms with Crippen LogP contribution in [0, 0.1) is 10.1 Å². The zero-order chi connectivity index (χ0) is 18.5. The molecule has 1 aromatic heterocycles. The zero-order valence-corrected chi connectivity index (χ0v) is 14.7. The largest absolute Gasteiger partial charge is 0.481 e. The molecule has 0 aliphatic carbocycles. The van der Waals surface area contributed by atoms with Crippen LogP contribution in [0.4, 0.5) is 5.69 Å². The molecule has 3 rings (SSSR count). The lowest BCUT2D eigenvalue weighted by molar-refractivity contribution is -0.384. The number of aliphatic carboxylic acids is 1. The summed E-state index contributed by atoms with van der Waals surface area (Å²) in [6.07, 6.45) is 2.03. The highest BCUT2D eigenvalue weighted by atomic mass is 32.2. The summed E-state index contributed by atoms with van der Waals surface area (Å²) in [7, 11) is 0. The summed E-state index contributed by atoms with van der Waals surface area (Å²) in [5, 5.41) is 28.7. The number of hydrogen-bond donors (Lipinski definition) is 1. The van der Waals surface area contributed by atoms with Gasteiger partial charge in [-0.15, -0.1) is 10.2 Å². The van der Waals surface area contributed by atoms with Crippen LogP contribution < -0.4 is 0 Å². The third kappa shape index (κ3) is 4.38. The topological polar surface area (TPSA) is 120 Å². The smallest absolute Gasteiger partial charge is 0.304 e. The van der Waals surface area contributed by atoms with Crippen molar-refractivity contribution in [2.45, 2.75) is 37.1 Å². The van der Waals surface area contributed by atoms with Gasteiger partial charge in [-0.05, 0) is 25.0 Å². The number of nitro groups is 1. The summed E-state index contributed by atoms with van der Waals surface area (Å²) in [4.78, 5) is 21.1. The number of carbonyl (C=O) groups is 1. The third-order valence-electron chi connectivity index (χ3n) is 4.01. The Morgan fingerprint density at radius 2 is 2.15 bits per heavy atom. The molecular formula is C16H18N4O5S. The van der Waals surface area contributed by atoms with E-state index >= 15 is 0 Å². The molecule has 0 radical (unpaired) electrons. The highest BCUT2D eigenvalue weighted by molar-refractivity contribution is 7.99. The Kier molecular flexibility index (Phi) is 5.84. The fourth-order valence-corrected chi connectivity index (χ4v) is 3.60. The molecule has 0 spiro atoms. The van der Waals surface area contributed by atoms with E-state index in [1.54, 1.807) is 12.1 Å². The number of nitro benzene ring substituents is 1. The number of ether oxygens (including phenoxy) is 1. The number of rotatable bonds is 8. The lowest BCUT2D eigenvalue weighted by atomic mass is 10.2. The van der Waals surface area contributed by atoms with Crippen LogP contribution in [0.25, 0.3) is 11.4 Å². The van der Waals surface area contributed by atoms with Crippen LogP contribution in [0.15, 0.2) is 29.4 Å². The predicted molar refractivity (Wildman–Crippen MR) is 94.1 cm³/mol. The second-order valence-electron chi connectivity index (χ2n) is 5.85. The third-order valence-corrected chi connectivity index (χ3v) is 4.98. The van der Waals surface area contributed by atoms with Crippen molar-refractivity contribution < 1.29 is 19.6 Å². The number of aromatic nitrogens is 3. The fourth-order valence-electron chi connectivity index (χ4n) is 2.73. The Balaban J connectivity index is 1.86. The first kappa shape index (κ1) is 18.3. The van der Waals surface area contributed by atoms with Gasteiger partial charge in [0.25, 0.3) is 5.69 Å². The lowest BCUT2D eigenvalue weighted by Crippen LogP contribution is -2.16. The van der Waals surface area contributed by atoms with E-state index in [0.717, 1.165) is 19.4 Å². The highest BCUT2D eigenvalue weighted by Crippen LogP contribution is 2.28. The minimum Gasteiger partial charge on any atom is -0.481 e. The molecule has 1 fully saturated rings. The van der Waals surface area contributed by atoms with Gasteiger partial charge in [-0.1, -0.05) is 11.8 Å². The minimum atomic E-state index is -0.863. The van der Waals surface area contributed by atoms with Gasteiger partial charge in [0, 0.05) is 30.1 Å². The monoisotopic (exact) mass is 378 g/mol. The summed E-state index contributed by atoms with van der Waals surface area (Å²) in [5.41, 5.74) is 0.723. The van der Waals surface area contributed by atoms with E-state index in [1.165, 1.54) is 23.9 Å². The summed E-state index contributed by atoms with van der Waals surface area (Å²) < 4.78 is 7.60. The van der Waals surface area contributed by atoms with Gasteiger partial charge in [0.2, 0.25) is 0 Å². The molecule has 0 saturated carbocycles. The van der Waals surface area contributed by atoms with Crippen molar-refractivity contribution in [2.24, 2.45) is 0 Å². The molecule has 1 N–H and O–H groups in total. The molecule has 26 heavy (non-hydrogen) atoms. The van der Waals surface area contributed by atoms with E-state index in [2.05, 4.69) is 10.2 Å². The molecule has 0 bridgehead atoms. The van der Waals surface area contributed by atoms with Crippen molar-refractivity contribution in [1.29, 1.82) is 0 Å².